The van der Waals surface area contributed by atoms with E-state index in [0.29, 0.717) is 11.0 Å². The van der Waals surface area contributed by atoms with Crippen LogP contribution in [0.5, 0.6) is 11.5 Å². The molecule has 0 radical (unpaired) electrons. The zero-order valence-corrected chi connectivity index (χ0v) is 24.7. The smallest absolute Gasteiger partial charge is 0.368 e. The quantitative estimate of drug-likeness (QED) is 0.202. The second kappa shape index (κ2) is 8.48. The molecule has 4 rings (SSSR count). The van der Waals surface area contributed by atoms with Crippen molar-refractivity contribution in [3.63, 3.8) is 0 Å². The lowest BCUT2D eigenvalue weighted by molar-refractivity contribution is 0.448. The van der Waals surface area contributed by atoms with Crippen LogP contribution in [0, 0.1) is 20.8 Å². The van der Waals surface area contributed by atoms with Gasteiger partial charge in [-0.05, 0) is 72.4 Å². The largest absolute Gasteiger partial charge is 0.507 e. The molecule has 2 N–H and O–H groups in total. The number of hydrogen-bond acceptors (Lipinski definition) is 2. The SMILES string of the molecule is Cc1cc(-c2c3cc(C)cc(C(C)(C)C)c3[o+]c3c(C)cc(C(C)(C)C)c(O)c23)c(O)c(C(C)(C)C)c1. The molecule has 4 aromatic rings. The lowest BCUT2D eigenvalue weighted by Crippen LogP contribution is -2.14. The summed E-state index contributed by atoms with van der Waals surface area (Å²) in [6, 6.07) is 10.5. The number of phenolic OH excluding ortho intramolecular Hbond substituents is 2. The zero-order chi connectivity index (χ0) is 27.8. The first-order valence-electron chi connectivity index (χ1n) is 13.2. The van der Waals surface area contributed by atoms with Crippen LogP contribution in [0.1, 0.15) is 95.7 Å². The Bertz CT molecular complexity index is 1550. The van der Waals surface area contributed by atoms with Crippen molar-refractivity contribution in [3.8, 4) is 22.6 Å². The molecule has 0 aliphatic rings. The first kappa shape index (κ1) is 27.0. The van der Waals surface area contributed by atoms with Crippen LogP contribution in [0.25, 0.3) is 33.1 Å². The molecule has 37 heavy (non-hydrogen) atoms. The average Bonchev–Trinajstić information content (AvgIpc) is 2.73. The van der Waals surface area contributed by atoms with E-state index in [-0.39, 0.29) is 27.7 Å². The summed E-state index contributed by atoms with van der Waals surface area (Å²) < 4.78 is 6.73. The third-order valence-corrected chi connectivity index (χ3v) is 7.34. The lowest BCUT2D eigenvalue weighted by Gasteiger charge is -2.25. The lowest BCUT2D eigenvalue weighted by atomic mass is 9.79. The summed E-state index contributed by atoms with van der Waals surface area (Å²) in [5, 5.41) is 25.2. The highest BCUT2D eigenvalue weighted by molar-refractivity contribution is 6.13. The normalized spacial score (nSPS) is 13.1. The summed E-state index contributed by atoms with van der Waals surface area (Å²) in [7, 11) is 0. The predicted molar refractivity (Wildman–Crippen MR) is 157 cm³/mol. The molecule has 0 aliphatic heterocycles. The number of hydrogen-bond donors (Lipinski definition) is 2. The Labute approximate surface area is 222 Å². The number of fused-ring (bicyclic) bond motifs is 2. The second-order valence-electron chi connectivity index (χ2n) is 13.9. The third kappa shape index (κ3) is 4.58. The Morgan fingerprint density at radius 1 is 0.568 bits per heavy atom. The molecule has 0 unspecified atom stereocenters. The standard InChI is InChI=1S/C34H42O3/c1-18-13-21(28(35)23(15-18)32(4,5)6)26-22-14-19(2)16-25(34(10,11)12)31(22)37-30-20(3)17-24(33(7,8)9)29(36)27(26)30/h13-17H,1-12H3,(H-,35,36)/p+1. The highest BCUT2D eigenvalue weighted by Gasteiger charge is 2.35. The van der Waals surface area contributed by atoms with Crippen LogP contribution in [-0.4, -0.2) is 10.2 Å². The van der Waals surface area contributed by atoms with Gasteiger partial charge < -0.3 is 10.2 Å². The Morgan fingerprint density at radius 2 is 1.05 bits per heavy atom. The number of aromatic hydroxyl groups is 2. The predicted octanol–water partition coefficient (Wildman–Crippen LogP) is 9.76. The van der Waals surface area contributed by atoms with Crippen molar-refractivity contribution >= 4 is 21.9 Å². The second-order valence-corrected chi connectivity index (χ2v) is 13.9. The molecule has 196 valence electrons. The van der Waals surface area contributed by atoms with Crippen molar-refractivity contribution in [2.45, 2.75) is 99.3 Å². The monoisotopic (exact) mass is 499 g/mol. The van der Waals surface area contributed by atoms with Crippen molar-refractivity contribution in [2.24, 2.45) is 0 Å². The van der Waals surface area contributed by atoms with Crippen LogP contribution in [0.4, 0.5) is 0 Å². The van der Waals surface area contributed by atoms with Gasteiger partial charge in [-0.15, -0.1) is 0 Å². The minimum absolute atomic E-state index is 0.161. The van der Waals surface area contributed by atoms with E-state index in [9.17, 15) is 10.2 Å². The van der Waals surface area contributed by atoms with E-state index < -0.39 is 0 Å². The summed E-state index contributed by atoms with van der Waals surface area (Å²) in [4.78, 5) is 0. The van der Waals surface area contributed by atoms with Gasteiger partial charge in [-0.1, -0.05) is 68.4 Å². The van der Waals surface area contributed by atoms with Crippen molar-refractivity contribution in [1.29, 1.82) is 0 Å². The molecule has 0 bridgehead atoms. The maximum atomic E-state index is 11.9. The molecule has 1 aromatic heterocycles. The van der Waals surface area contributed by atoms with Crippen LogP contribution in [0.3, 0.4) is 0 Å². The third-order valence-electron chi connectivity index (χ3n) is 7.34. The minimum Gasteiger partial charge on any atom is -0.507 e. The maximum Gasteiger partial charge on any atom is 0.368 e. The summed E-state index contributed by atoms with van der Waals surface area (Å²) in [5.74, 6) is 0.467. The van der Waals surface area contributed by atoms with Crippen molar-refractivity contribution in [3.05, 3.63) is 63.7 Å². The Kier molecular flexibility index (Phi) is 6.18. The number of rotatable bonds is 1. The van der Waals surface area contributed by atoms with E-state index in [0.717, 1.165) is 55.5 Å². The number of phenols is 2. The maximum absolute atomic E-state index is 11.9. The molecule has 0 fully saturated rings. The highest BCUT2D eigenvalue weighted by atomic mass is 16.3. The minimum atomic E-state index is -0.274. The molecule has 0 atom stereocenters. The first-order valence-corrected chi connectivity index (χ1v) is 13.2. The molecule has 3 aromatic carbocycles. The van der Waals surface area contributed by atoms with Gasteiger partial charge in [0.2, 0.25) is 0 Å². The van der Waals surface area contributed by atoms with Gasteiger partial charge in [-0.3, -0.25) is 0 Å². The number of aryl methyl sites for hydroxylation is 3. The molecule has 3 heteroatoms. The first-order chi connectivity index (χ1) is 16.8. The van der Waals surface area contributed by atoms with Crippen molar-refractivity contribution < 1.29 is 14.6 Å². The van der Waals surface area contributed by atoms with E-state index in [1.807, 2.05) is 19.1 Å². The molecule has 0 aliphatic carbocycles. The van der Waals surface area contributed by atoms with Gasteiger partial charge in [-0.2, -0.15) is 0 Å². The molecule has 1 heterocycles. The molecule has 0 spiro atoms. The van der Waals surface area contributed by atoms with Crippen molar-refractivity contribution in [2.75, 3.05) is 0 Å². The van der Waals surface area contributed by atoms with Gasteiger partial charge in [0.15, 0.2) is 0 Å². The zero-order valence-electron chi connectivity index (χ0n) is 24.7. The Morgan fingerprint density at radius 3 is 1.59 bits per heavy atom. The average molecular weight is 500 g/mol. The van der Waals surface area contributed by atoms with E-state index in [2.05, 4.69) is 94.4 Å². The molecule has 3 nitrogen and oxygen atoms in total. The van der Waals surface area contributed by atoms with E-state index in [1.165, 1.54) is 0 Å². The van der Waals surface area contributed by atoms with Gasteiger partial charge in [0.25, 0.3) is 0 Å². The fraction of sp³-hybridized carbons (Fsp3) is 0.441. The van der Waals surface area contributed by atoms with E-state index in [4.69, 9.17) is 4.42 Å². The molecule has 0 saturated heterocycles. The molecule has 0 saturated carbocycles. The molecular formula is C34H43O3+. The van der Waals surface area contributed by atoms with Gasteiger partial charge in [-0.25, -0.2) is 4.42 Å². The van der Waals surface area contributed by atoms with E-state index >= 15 is 0 Å². The topological polar surface area (TPSA) is 51.8 Å². The van der Waals surface area contributed by atoms with Gasteiger partial charge >= 0.3 is 11.2 Å². The Hall–Kier alpha value is -3.07. The van der Waals surface area contributed by atoms with Crippen LogP contribution in [0.2, 0.25) is 0 Å². The van der Waals surface area contributed by atoms with Crippen LogP contribution in [-0.2, 0) is 16.2 Å². The fourth-order valence-electron chi connectivity index (χ4n) is 5.41. The van der Waals surface area contributed by atoms with Crippen LogP contribution < -0.4 is 0 Å². The van der Waals surface area contributed by atoms with Gasteiger partial charge in [0.1, 0.15) is 16.9 Å². The number of benzene rings is 3. The van der Waals surface area contributed by atoms with Crippen molar-refractivity contribution in [1.82, 2.24) is 0 Å². The highest BCUT2D eigenvalue weighted by Crippen LogP contribution is 2.51. The van der Waals surface area contributed by atoms with E-state index in [1.54, 1.807) is 0 Å². The van der Waals surface area contributed by atoms with Gasteiger partial charge in [0.05, 0.1) is 16.5 Å². The summed E-state index contributed by atoms with van der Waals surface area (Å²) >= 11 is 0. The molecule has 0 amide bonds. The Balaban J connectivity index is 2.40. The summed E-state index contributed by atoms with van der Waals surface area (Å²) in [6.45, 7) is 25.4. The van der Waals surface area contributed by atoms with Crippen LogP contribution >= 0.6 is 0 Å². The van der Waals surface area contributed by atoms with Crippen LogP contribution in [0.15, 0.2) is 34.7 Å². The summed E-state index contributed by atoms with van der Waals surface area (Å²) in [5.41, 5.74) is 8.29. The fourth-order valence-corrected chi connectivity index (χ4v) is 5.41. The molecular weight excluding hydrogens is 456 g/mol. The van der Waals surface area contributed by atoms with Gasteiger partial charge in [0, 0.05) is 22.3 Å². The summed E-state index contributed by atoms with van der Waals surface area (Å²) in [6.07, 6.45) is 0.